The van der Waals surface area contributed by atoms with Crippen LogP contribution in [0.2, 0.25) is 0 Å². The summed E-state index contributed by atoms with van der Waals surface area (Å²) in [4.78, 5) is 14.0. The van der Waals surface area contributed by atoms with Gasteiger partial charge in [0.25, 0.3) is 5.56 Å². The van der Waals surface area contributed by atoms with Crippen LogP contribution in [-0.4, -0.2) is 11.7 Å². The first-order chi connectivity index (χ1) is 15.6. The summed E-state index contributed by atoms with van der Waals surface area (Å²) in [6, 6.07) is 26.4. The van der Waals surface area contributed by atoms with E-state index in [-0.39, 0.29) is 17.0 Å². The molecule has 0 bridgehead atoms. The second-order valence-corrected chi connectivity index (χ2v) is 7.43. The second-order valence-electron chi connectivity index (χ2n) is 7.43. The summed E-state index contributed by atoms with van der Waals surface area (Å²) in [5, 5.41) is 10.6. The zero-order chi connectivity index (χ0) is 22.2. The SMILES string of the molecule is COc1ccc([C@@H]2C(C#N)=C(N)Oc3c2c(=O)n(-c2ccccc2)c2ccccc32)cc1. The molecule has 0 unspecified atom stereocenters. The lowest BCUT2D eigenvalue weighted by Crippen LogP contribution is -2.31. The number of benzene rings is 3. The van der Waals surface area contributed by atoms with Crippen LogP contribution >= 0.6 is 0 Å². The van der Waals surface area contributed by atoms with E-state index in [1.54, 1.807) is 23.8 Å². The number of allylic oxidation sites excluding steroid dienone is 1. The highest BCUT2D eigenvalue weighted by Gasteiger charge is 2.35. The van der Waals surface area contributed by atoms with E-state index in [1.807, 2.05) is 66.7 Å². The maximum Gasteiger partial charge on any atom is 0.263 e. The minimum absolute atomic E-state index is 0.00262. The Hall–Kier alpha value is -4.50. The molecule has 4 aromatic rings. The molecule has 3 aromatic carbocycles. The molecule has 156 valence electrons. The van der Waals surface area contributed by atoms with Crippen LogP contribution in [0.25, 0.3) is 16.6 Å². The van der Waals surface area contributed by atoms with Gasteiger partial charge in [-0.1, -0.05) is 42.5 Å². The molecule has 2 N–H and O–H groups in total. The lowest BCUT2D eigenvalue weighted by molar-refractivity contribution is 0.396. The first-order valence-corrected chi connectivity index (χ1v) is 10.1. The van der Waals surface area contributed by atoms with Crippen LogP contribution in [0.5, 0.6) is 11.5 Å². The summed E-state index contributed by atoms with van der Waals surface area (Å²) in [5.74, 6) is 0.399. The van der Waals surface area contributed by atoms with Gasteiger partial charge in [-0.25, -0.2) is 0 Å². The van der Waals surface area contributed by atoms with Crippen LogP contribution in [0.3, 0.4) is 0 Å². The van der Waals surface area contributed by atoms with E-state index in [9.17, 15) is 10.1 Å². The zero-order valence-corrected chi connectivity index (χ0v) is 17.3. The van der Waals surface area contributed by atoms with E-state index in [0.717, 1.165) is 16.6 Å². The highest BCUT2D eigenvalue weighted by Crippen LogP contribution is 2.44. The van der Waals surface area contributed by atoms with Crippen molar-refractivity contribution in [1.29, 1.82) is 5.26 Å². The summed E-state index contributed by atoms with van der Waals surface area (Å²) in [7, 11) is 1.59. The van der Waals surface area contributed by atoms with Gasteiger partial charge < -0.3 is 15.2 Å². The number of pyridine rings is 1. The predicted octanol–water partition coefficient (Wildman–Crippen LogP) is 4.22. The van der Waals surface area contributed by atoms with Crippen LogP contribution < -0.4 is 20.8 Å². The third-order valence-electron chi connectivity index (χ3n) is 5.71. The molecular weight excluding hydrogens is 402 g/mol. The fourth-order valence-electron chi connectivity index (χ4n) is 4.23. The van der Waals surface area contributed by atoms with Crippen molar-refractivity contribution in [3.05, 3.63) is 112 Å². The summed E-state index contributed by atoms with van der Waals surface area (Å²) in [6.45, 7) is 0. The summed E-state index contributed by atoms with van der Waals surface area (Å²) < 4.78 is 12.8. The molecule has 1 aliphatic heterocycles. The molecule has 2 heterocycles. The van der Waals surface area contributed by atoms with E-state index in [4.69, 9.17) is 15.2 Å². The number of hydrogen-bond donors (Lipinski definition) is 1. The molecule has 0 saturated heterocycles. The van der Waals surface area contributed by atoms with Gasteiger partial charge in [0.1, 0.15) is 23.1 Å². The first kappa shape index (κ1) is 19.5. The van der Waals surface area contributed by atoms with Gasteiger partial charge in [-0.2, -0.15) is 5.26 Å². The lowest BCUT2D eigenvalue weighted by Gasteiger charge is -2.28. The molecule has 5 rings (SSSR count). The molecule has 32 heavy (non-hydrogen) atoms. The van der Waals surface area contributed by atoms with Gasteiger partial charge >= 0.3 is 0 Å². The van der Waals surface area contributed by atoms with E-state index in [0.29, 0.717) is 22.6 Å². The number of nitriles is 1. The van der Waals surface area contributed by atoms with Crippen molar-refractivity contribution in [2.24, 2.45) is 5.73 Å². The summed E-state index contributed by atoms with van der Waals surface area (Å²) in [5.41, 5.74) is 8.68. The number of nitrogens with two attached hydrogens (primary N) is 1. The number of aromatic nitrogens is 1. The van der Waals surface area contributed by atoms with Crippen molar-refractivity contribution >= 4 is 10.9 Å². The van der Waals surface area contributed by atoms with E-state index in [1.165, 1.54) is 0 Å². The van der Waals surface area contributed by atoms with E-state index < -0.39 is 5.92 Å². The van der Waals surface area contributed by atoms with Crippen molar-refractivity contribution in [1.82, 2.24) is 4.57 Å². The Morgan fingerprint density at radius 2 is 1.69 bits per heavy atom. The maximum atomic E-state index is 14.0. The van der Waals surface area contributed by atoms with Crippen LogP contribution in [0.15, 0.2) is 95.1 Å². The van der Waals surface area contributed by atoms with Crippen LogP contribution in [0.4, 0.5) is 0 Å². The summed E-state index contributed by atoms with van der Waals surface area (Å²) >= 11 is 0. The molecule has 0 spiro atoms. The average molecular weight is 421 g/mol. The molecule has 0 aliphatic carbocycles. The highest BCUT2D eigenvalue weighted by atomic mass is 16.5. The van der Waals surface area contributed by atoms with Crippen LogP contribution in [0.1, 0.15) is 17.0 Å². The Kier molecular flexibility index (Phi) is 4.65. The van der Waals surface area contributed by atoms with Gasteiger partial charge in [0.15, 0.2) is 0 Å². The number of ether oxygens (including phenoxy) is 2. The third-order valence-corrected chi connectivity index (χ3v) is 5.71. The largest absolute Gasteiger partial charge is 0.497 e. The Morgan fingerprint density at radius 3 is 2.38 bits per heavy atom. The molecule has 1 aliphatic rings. The topological polar surface area (TPSA) is 90.3 Å². The quantitative estimate of drug-likeness (QED) is 0.535. The van der Waals surface area contributed by atoms with Crippen molar-refractivity contribution in [2.45, 2.75) is 5.92 Å². The van der Waals surface area contributed by atoms with Crippen molar-refractivity contribution in [2.75, 3.05) is 7.11 Å². The highest BCUT2D eigenvalue weighted by molar-refractivity contribution is 5.89. The standard InChI is InChI=1S/C26H19N3O3/c1-31-18-13-11-16(12-14-18)22-20(15-27)25(28)32-24-19-9-5-6-10-21(19)29(26(30)23(22)24)17-7-3-2-4-8-17/h2-14,22H,28H2,1H3/t22-/m1/s1. The van der Waals surface area contributed by atoms with Crippen molar-refractivity contribution in [3.63, 3.8) is 0 Å². The fourth-order valence-corrected chi connectivity index (χ4v) is 4.23. The molecule has 1 aromatic heterocycles. The van der Waals surface area contributed by atoms with Gasteiger partial charge in [0, 0.05) is 11.1 Å². The van der Waals surface area contributed by atoms with Crippen LogP contribution in [-0.2, 0) is 0 Å². The number of hydrogen-bond acceptors (Lipinski definition) is 5. The molecule has 6 nitrogen and oxygen atoms in total. The Balaban J connectivity index is 1.89. The average Bonchev–Trinajstić information content (AvgIpc) is 2.84. The first-order valence-electron chi connectivity index (χ1n) is 10.1. The number of nitrogens with zero attached hydrogens (tertiary/aromatic N) is 2. The minimum atomic E-state index is -0.665. The molecule has 0 fully saturated rings. The van der Waals surface area contributed by atoms with Gasteiger partial charge in [-0.3, -0.25) is 9.36 Å². The van der Waals surface area contributed by atoms with E-state index >= 15 is 0 Å². The predicted molar refractivity (Wildman–Crippen MR) is 122 cm³/mol. The van der Waals surface area contributed by atoms with Gasteiger partial charge in [-0.15, -0.1) is 0 Å². The number of fused-ring (bicyclic) bond motifs is 3. The third kappa shape index (κ3) is 2.91. The fraction of sp³-hybridized carbons (Fsp3) is 0.0769. The van der Waals surface area contributed by atoms with Gasteiger partial charge in [0.2, 0.25) is 5.88 Å². The molecule has 0 amide bonds. The number of para-hydroxylation sites is 2. The van der Waals surface area contributed by atoms with Crippen LogP contribution in [0, 0.1) is 11.3 Å². The molecular formula is C26H19N3O3. The van der Waals surface area contributed by atoms with E-state index in [2.05, 4.69) is 6.07 Å². The second kappa shape index (κ2) is 7.64. The molecule has 0 saturated carbocycles. The smallest absolute Gasteiger partial charge is 0.263 e. The number of rotatable bonds is 3. The Bertz CT molecular complexity index is 1460. The Morgan fingerprint density at radius 1 is 1.00 bits per heavy atom. The lowest BCUT2D eigenvalue weighted by atomic mass is 9.83. The maximum absolute atomic E-state index is 14.0. The molecule has 0 radical (unpaired) electrons. The molecule has 6 heteroatoms. The normalized spacial score (nSPS) is 15.1. The summed E-state index contributed by atoms with van der Waals surface area (Å²) in [6.07, 6.45) is 0. The number of methoxy groups -OCH3 is 1. The van der Waals surface area contributed by atoms with Crippen molar-refractivity contribution < 1.29 is 9.47 Å². The van der Waals surface area contributed by atoms with Gasteiger partial charge in [-0.05, 0) is 42.0 Å². The zero-order valence-electron chi connectivity index (χ0n) is 17.3. The monoisotopic (exact) mass is 421 g/mol. The molecule has 1 atom stereocenters. The van der Waals surface area contributed by atoms with Crippen molar-refractivity contribution in [3.8, 4) is 23.3 Å². The van der Waals surface area contributed by atoms with Gasteiger partial charge in [0.05, 0.1) is 24.1 Å². The minimum Gasteiger partial charge on any atom is -0.497 e. The Labute approximate surface area is 184 Å².